The lowest BCUT2D eigenvalue weighted by Crippen LogP contribution is -2.35. The molecule has 6 nitrogen and oxygen atoms in total. The summed E-state index contributed by atoms with van der Waals surface area (Å²) in [5.74, 6) is -0.952. The van der Waals surface area contributed by atoms with E-state index in [1.54, 1.807) is 19.1 Å². The standard InChI is InChI=1S/C13H13BrN2O4/c1-2-15-11(17)12(18)16(13(15)19)6-7-20-10-5-3-4-9(14)8-10/h3-5,8H,2,6-7H2,1H3. The van der Waals surface area contributed by atoms with Gasteiger partial charge in [0.2, 0.25) is 0 Å². The molecule has 1 heterocycles. The average molecular weight is 341 g/mol. The summed E-state index contributed by atoms with van der Waals surface area (Å²) in [7, 11) is 0. The molecule has 1 saturated heterocycles. The molecule has 2 rings (SSSR count). The van der Waals surface area contributed by atoms with Crippen molar-refractivity contribution in [3.63, 3.8) is 0 Å². The van der Waals surface area contributed by atoms with E-state index in [-0.39, 0.29) is 19.7 Å². The fraction of sp³-hybridized carbons (Fsp3) is 0.308. The molecule has 20 heavy (non-hydrogen) atoms. The van der Waals surface area contributed by atoms with E-state index >= 15 is 0 Å². The van der Waals surface area contributed by atoms with Crippen LogP contribution in [0.2, 0.25) is 0 Å². The third-order valence-electron chi connectivity index (χ3n) is 2.83. The van der Waals surface area contributed by atoms with Crippen molar-refractivity contribution in [2.75, 3.05) is 19.7 Å². The highest BCUT2D eigenvalue weighted by molar-refractivity contribution is 9.10. The van der Waals surface area contributed by atoms with Gasteiger partial charge >= 0.3 is 17.8 Å². The van der Waals surface area contributed by atoms with Crippen molar-refractivity contribution in [3.8, 4) is 5.75 Å². The zero-order chi connectivity index (χ0) is 14.7. The first-order valence-electron chi connectivity index (χ1n) is 6.10. The molecule has 0 N–H and O–H groups in total. The largest absolute Gasteiger partial charge is 0.492 e. The Morgan fingerprint density at radius 3 is 2.45 bits per heavy atom. The summed E-state index contributed by atoms with van der Waals surface area (Å²) in [4.78, 5) is 36.8. The van der Waals surface area contributed by atoms with Crippen molar-refractivity contribution in [1.82, 2.24) is 9.80 Å². The average Bonchev–Trinajstić information content (AvgIpc) is 2.62. The van der Waals surface area contributed by atoms with Crippen molar-refractivity contribution < 1.29 is 19.1 Å². The smallest absolute Gasteiger partial charge is 0.334 e. The number of ether oxygens (including phenoxy) is 1. The van der Waals surface area contributed by atoms with Gasteiger partial charge in [-0.05, 0) is 25.1 Å². The minimum Gasteiger partial charge on any atom is -0.492 e. The van der Waals surface area contributed by atoms with Crippen molar-refractivity contribution in [2.24, 2.45) is 0 Å². The van der Waals surface area contributed by atoms with Gasteiger partial charge in [0, 0.05) is 11.0 Å². The number of hydrogen-bond acceptors (Lipinski definition) is 4. The summed E-state index contributed by atoms with van der Waals surface area (Å²) >= 11 is 3.31. The number of rotatable bonds is 5. The molecule has 0 bridgehead atoms. The molecule has 1 fully saturated rings. The van der Waals surface area contributed by atoms with Gasteiger partial charge in [-0.1, -0.05) is 22.0 Å². The second-order valence-corrected chi connectivity index (χ2v) is 5.01. The SMILES string of the molecule is CCN1C(=O)C(=O)N(CCOc2cccc(Br)c2)C1=O. The first kappa shape index (κ1) is 14.5. The molecule has 0 unspecified atom stereocenters. The molecule has 7 heteroatoms. The van der Waals surface area contributed by atoms with E-state index in [4.69, 9.17) is 4.74 Å². The molecule has 4 amide bonds. The Balaban J connectivity index is 1.93. The van der Waals surface area contributed by atoms with Crippen molar-refractivity contribution in [3.05, 3.63) is 28.7 Å². The highest BCUT2D eigenvalue weighted by atomic mass is 79.9. The zero-order valence-corrected chi connectivity index (χ0v) is 12.4. The second-order valence-electron chi connectivity index (χ2n) is 4.09. The van der Waals surface area contributed by atoms with Crippen LogP contribution in [0.15, 0.2) is 28.7 Å². The van der Waals surface area contributed by atoms with Crippen LogP contribution in [0.1, 0.15) is 6.92 Å². The lowest BCUT2D eigenvalue weighted by Gasteiger charge is -2.14. The Kier molecular flexibility index (Phi) is 4.39. The highest BCUT2D eigenvalue weighted by Gasteiger charge is 2.43. The van der Waals surface area contributed by atoms with E-state index in [0.717, 1.165) is 14.3 Å². The third kappa shape index (κ3) is 2.82. The molecule has 1 aliphatic rings. The van der Waals surface area contributed by atoms with Crippen LogP contribution in [-0.4, -0.2) is 47.3 Å². The second kappa shape index (κ2) is 6.04. The van der Waals surface area contributed by atoms with Gasteiger partial charge in [-0.2, -0.15) is 0 Å². The molecule has 106 valence electrons. The quantitative estimate of drug-likeness (QED) is 0.603. The Morgan fingerprint density at radius 1 is 1.15 bits per heavy atom. The molecular formula is C13H13BrN2O4. The maximum Gasteiger partial charge on any atom is 0.334 e. The number of carbonyl (C=O) groups excluding carboxylic acids is 3. The van der Waals surface area contributed by atoms with Crippen LogP contribution < -0.4 is 4.74 Å². The normalized spacial score (nSPS) is 15.2. The Bertz CT molecular complexity index is 561. The minimum absolute atomic E-state index is 0.0480. The van der Waals surface area contributed by atoms with Gasteiger partial charge in [0.15, 0.2) is 0 Å². The van der Waals surface area contributed by atoms with E-state index in [1.807, 2.05) is 12.1 Å². The minimum atomic E-state index is -0.797. The van der Waals surface area contributed by atoms with E-state index < -0.39 is 17.8 Å². The number of amides is 4. The lowest BCUT2D eigenvalue weighted by molar-refractivity contribution is -0.143. The number of imide groups is 2. The van der Waals surface area contributed by atoms with Crippen LogP contribution in [-0.2, 0) is 9.59 Å². The van der Waals surface area contributed by atoms with Gasteiger partial charge in [0.25, 0.3) is 0 Å². The number of nitrogens with zero attached hydrogens (tertiary/aromatic N) is 2. The van der Waals surface area contributed by atoms with Crippen molar-refractivity contribution in [1.29, 1.82) is 0 Å². The fourth-order valence-corrected chi connectivity index (χ4v) is 2.22. The predicted octanol–water partition coefficient (Wildman–Crippen LogP) is 1.64. The Labute approximate surface area is 124 Å². The van der Waals surface area contributed by atoms with E-state index in [1.165, 1.54) is 0 Å². The summed E-state index contributed by atoms with van der Waals surface area (Å²) in [5.41, 5.74) is 0. The predicted molar refractivity (Wildman–Crippen MR) is 74.1 cm³/mol. The van der Waals surface area contributed by atoms with E-state index in [0.29, 0.717) is 5.75 Å². The van der Waals surface area contributed by atoms with Crippen molar-refractivity contribution >= 4 is 33.8 Å². The number of likely N-dealkylation sites (N-methyl/N-ethyl adjacent to an activating group) is 1. The maximum atomic E-state index is 11.8. The van der Waals surface area contributed by atoms with Gasteiger partial charge in [-0.3, -0.25) is 19.4 Å². The van der Waals surface area contributed by atoms with Crippen molar-refractivity contribution in [2.45, 2.75) is 6.92 Å². The first-order chi connectivity index (χ1) is 9.54. The number of urea groups is 1. The van der Waals surface area contributed by atoms with E-state index in [9.17, 15) is 14.4 Å². The van der Waals surface area contributed by atoms with Gasteiger partial charge in [-0.15, -0.1) is 0 Å². The molecule has 0 aromatic heterocycles. The molecule has 0 saturated carbocycles. The third-order valence-corrected chi connectivity index (χ3v) is 3.32. The number of carbonyl (C=O) groups is 3. The van der Waals surface area contributed by atoms with Gasteiger partial charge in [0.05, 0.1) is 6.54 Å². The van der Waals surface area contributed by atoms with Crippen LogP contribution in [0.5, 0.6) is 5.75 Å². The Hall–Kier alpha value is -1.89. The number of hydrogen-bond donors (Lipinski definition) is 0. The van der Waals surface area contributed by atoms with Crippen LogP contribution in [0.4, 0.5) is 4.79 Å². The van der Waals surface area contributed by atoms with E-state index in [2.05, 4.69) is 15.9 Å². The summed E-state index contributed by atoms with van der Waals surface area (Å²) in [6.07, 6.45) is 0. The molecule has 1 aromatic rings. The van der Waals surface area contributed by atoms with Gasteiger partial charge in [-0.25, -0.2) is 4.79 Å². The Morgan fingerprint density at radius 2 is 1.85 bits per heavy atom. The van der Waals surface area contributed by atoms with Crippen LogP contribution in [0.3, 0.4) is 0 Å². The summed E-state index contributed by atoms with van der Waals surface area (Å²) in [6, 6.07) is 6.63. The molecule has 0 atom stereocenters. The number of halogens is 1. The first-order valence-corrected chi connectivity index (χ1v) is 6.89. The number of benzene rings is 1. The van der Waals surface area contributed by atoms with Crippen LogP contribution >= 0.6 is 15.9 Å². The molecule has 0 spiro atoms. The zero-order valence-electron chi connectivity index (χ0n) is 10.8. The highest BCUT2D eigenvalue weighted by Crippen LogP contribution is 2.18. The molecule has 0 radical (unpaired) electrons. The molecule has 1 aliphatic heterocycles. The summed E-state index contributed by atoms with van der Waals surface area (Å²) < 4.78 is 6.31. The molecular weight excluding hydrogens is 328 g/mol. The summed E-state index contributed by atoms with van der Waals surface area (Å²) in [5, 5.41) is 0. The van der Waals surface area contributed by atoms with Gasteiger partial charge < -0.3 is 4.74 Å². The monoisotopic (exact) mass is 340 g/mol. The van der Waals surface area contributed by atoms with Crippen LogP contribution in [0, 0.1) is 0 Å². The van der Waals surface area contributed by atoms with Crippen LogP contribution in [0.25, 0.3) is 0 Å². The van der Waals surface area contributed by atoms with Gasteiger partial charge in [0.1, 0.15) is 12.4 Å². The lowest BCUT2D eigenvalue weighted by atomic mass is 10.3. The summed E-state index contributed by atoms with van der Waals surface area (Å²) in [6.45, 7) is 2.02. The molecule has 0 aliphatic carbocycles. The maximum absolute atomic E-state index is 11.8. The molecule has 1 aromatic carbocycles. The fourth-order valence-electron chi connectivity index (χ4n) is 1.84. The topological polar surface area (TPSA) is 66.9 Å².